The Kier molecular flexibility index (Phi) is 5.55. The number of carboxylic acids is 1. The van der Waals surface area contributed by atoms with Crippen molar-refractivity contribution in [2.45, 2.75) is 32.9 Å². The van der Waals surface area contributed by atoms with Gasteiger partial charge in [-0.05, 0) is 12.8 Å². The number of carbonyl (C=O) groups is 2. The molecule has 1 heterocycles. The van der Waals surface area contributed by atoms with Crippen LogP contribution in [-0.2, 0) is 14.3 Å². The molecule has 1 amide bonds. The van der Waals surface area contributed by atoms with E-state index in [1.54, 1.807) is 11.8 Å². The summed E-state index contributed by atoms with van der Waals surface area (Å²) in [6.45, 7) is 7.43. The molecule has 1 aliphatic heterocycles. The van der Waals surface area contributed by atoms with Crippen molar-refractivity contribution in [3.05, 3.63) is 0 Å². The Balaban J connectivity index is 2.59. The van der Waals surface area contributed by atoms with Gasteiger partial charge in [-0.1, -0.05) is 13.8 Å². The zero-order valence-corrected chi connectivity index (χ0v) is 11.2. The van der Waals surface area contributed by atoms with E-state index in [4.69, 9.17) is 9.84 Å². The number of carbonyl (C=O) groups excluding carboxylic acids is 1. The molecule has 0 aromatic heterocycles. The lowest BCUT2D eigenvalue weighted by Crippen LogP contribution is -2.57. The molecule has 2 unspecified atom stereocenters. The van der Waals surface area contributed by atoms with Gasteiger partial charge in [0.2, 0.25) is 5.91 Å². The molecule has 2 N–H and O–H groups in total. The molecule has 6 heteroatoms. The monoisotopic (exact) mass is 258 g/mol. The van der Waals surface area contributed by atoms with E-state index in [9.17, 15) is 9.59 Å². The minimum atomic E-state index is -0.946. The summed E-state index contributed by atoms with van der Waals surface area (Å²) in [7, 11) is 0. The van der Waals surface area contributed by atoms with Gasteiger partial charge in [-0.25, -0.2) is 0 Å². The van der Waals surface area contributed by atoms with Gasteiger partial charge in [0, 0.05) is 13.1 Å². The first-order valence-corrected chi connectivity index (χ1v) is 6.27. The number of morpholine rings is 1. The summed E-state index contributed by atoms with van der Waals surface area (Å²) in [5.41, 5.74) is 0. The van der Waals surface area contributed by atoms with Crippen molar-refractivity contribution in [1.29, 1.82) is 0 Å². The average molecular weight is 258 g/mol. The third kappa shape index (κ3) is 3.96. The number of nitrogens with one attached hydrogen (secondary N) is 1. The molecular weight excluding hydrogens is 236 g/mol. The summed E-state index contributed by atoms with van der Waals surface area (Å²) in [6, 6.07) is -1.19. The summed E-state index contributed by atoms with van der Waals surface area (Å²) < 4.78 is 5.15. The average Bonchev–Trinajstić information content (AvgIpc) is 2.34. The molecule has 0 aromatic rings. The second-order valence-corrected chi connectivity index (χ2v) is 4.98. The maximum Gasteiger partial charge on any atom is 0.323 e. The van der Waals surface area contributed by atoms with Gasteiger partial charge in [0.25, 0.3) is 0 Å². The third-order valence-corrected chi connectivity index (χ3v) is 3.02. The smallest absolute Gasteiger partial charge is 0.323 e. The Morgan fingerprint density at radius 1 is 1.44 bits per heavy atom. The summed E-state index contributed by atoms with van der Waals surface area (Å²) in [5.74, 6) is -0.698. The number of amides is 1. The highest BCUT2D eigenvalue weighted by molar-refractivity contribution is 5.82. The van der Waals surface area contributed by atoms with Gasteiger partial charge in [0.15, 0.2) is 0 Å². The highest BCUT2D eigenvalue weighted by Gasteiger charge is 2.35. The van der Waals surface area contributed by atoms with Crippen LogP contribution in [0.2, 0.25) is 0 Å². The molecule has 6 nitrogen and oxygen atoms in total. The highest BCUT2D eigenvalue weighted by Crippen LogP contribution is 2.12. The molecule has 0 saturated carbocycles. The Bertz CT molecular complexity index is 306. The van der Waals surface area contributed by atoms with Crippen LogP contribution in [-0.4, -0.2) is 60.3 Å². The molecule has 0 aliphatic carbocycles. The van der Waals surface area contributed by atoms with Gasteiger partial charge < -0.3 is 15.2 Å². The predicted octanol–water partition coefficient (Wildman–Crippen LogP) is -0.0675. The Morgan fingerprint density at radius 3 is 2.67 bits per heavy atom. The Labute approximate surface area is 107 Å². The zero-order chi connectivity index (χ0) is 13.7. The summed E-state index contributed by atoms with van der Waals surface area (Å²) in [5, 5.41) is 11.9. The van der Waals surface area contributed by atoms with Crippen molar-refractivity contribution in [3.8, 4) is 0 Å². The fourth-order valence-corrected chi connectivity index (χ4v) is 1.90. The highest BCUT2D eigenvalue weighted by atomic mass is 16.5. The quantitative estimate of drug-likeness (QED) is 0.722. The van der Waals surface area contributed by atoms with Gasteiger partial charge in [0.1, 0.15) is 6.04 Å². The maximum absolute atomic E-state index is 11.9. The van der Waals surface area contributed by atoms with E-state index in [-0.39, 0.29) is 12.5 Å². The molecular formula is C12H22N2O4. The molecule has 2 atom stereocenters. The standard InChI is InChI=1S/C12H22N2O4/c1-8(2)6-13-11(15)9(3)14-4-5-18-7-10(14)12(16)17/h8-10H,4-7H2,1-3H3,(H,13,15)(H,16,17). The van der Waals surface area contributed by atoms with Gasteiger partial charge in [0.05, 0.1) is 19.3 Å². The molecule has 0 aromatic carbocycles. The largest absolute Gasteiger partial charge is 0.480 e. The maximum atomic E-state index is 11.9. The lowest BCUT2D eigenvalue weighted by Gasteiger charge is -2.36. The van der Waals surface area contributed by atoms with Crippen LogP contribution < -0.4 is 5.32 Å². The number of nitrogens with zero attached hydrogens (tertiary/aromatic N) is 1. The van der Waals surface area contributed by atoms with Gasteiger partial charge in [-0.2, -0.15) is 0 Å². The first-order chi connectivity index (χ1) is 8.43. The number of rotatable bonds is 5. The van der Waals surface area contributed by atoms with Crippen LogP contribution in [0.1, 0.15) is 20.8 Å². The second kappa shape index (κ2) is 6.70. The lowest BCUT2D eigenvalue weighted by atomic mass is 10.1. The van der Waals surface area contributed by atoms with Crippen LogP contribution in [0, 0.1) is 5.92 Å². The van der Waals surface area contributed by atoms with E-state index >= 15 is 0 Å². The van der Waals surface area contributed by atoms with Crippen molar-refractivity contribution in [1.82, 2.24) is 10.2 Å². The Hall–Kier alpha value is -1.14. The van der Waals surface area contributed by atoms with E-state index in [1.165, 1.54) is 0 Å². The number of hydrogen-bond donors (Lipinski definition) is 2. The molecule has 1 rings (SSSR count). The fraction of sp³-hybridized carbons (Fsp3) is 0.833. The van der Waals surface area contributed by atoms with E-state index in [2.05, 4.69) is 5.32 Å². The van der Waals surface area contributed by atoms with Crippen LogP contribution in [0.25, 0.3) is 0 Å². The number of ether oxygens (including phenoxy) is 1. The number of aliphatic carboxylic acids is 1. The SMILES string of the molecule is CC(C)CNC(=O)C(C)N1CCOCC1C(=O)O. The van der Waals surface area contributed by atoms with Crippen molar-refractivity contribution >= 4 is 11.9 Å². The molecule has 104 valence electrons. The van der Waals surface area contributed by atoms with E-state index in [0.29, 0.717) is 25.6 Å². The minimum absolute atomic E-state index is 0.128. The van der Waals surface area contributed by atoms with Gasteiger partial charge >= 0.3 is 5.97 Å². The van der Waals surface area contributed by atoms with E-state index < -0.39 is 18.1 Å². The predicted molar refractivity (Wildman–Crippen MR) is 66.3 cm³/mol. The first-order valence-electron chi connectivity index (χ1n) is 6.27. The topological polar surface area (TPSA) is 78.9 Å². The van der Waals surface area contributed by atoms with Crippen molar-refractivity contribution in [3.63, 3.8) is 0 Å². The van der Waals surface area contributed by atoms with Crippen LogP contribution in [0.3, 0.4) is 0 Å². The first kappa shape index (κ1) is 14.9. The molecule has 0 bridgehead atoms. The van der Waals surface area contributed by atoms with Crippen LogP contribution >= 0.6 is 0 Å². The fourth-order valence-electron chi connectivity index (χ4n) is 1.90. The minimum Gasteiger partial charge on any atom is -0.480 e. The van der Waals surface area contributed by atoms with E-state index in [0.717, 1.165) is 0 Å². The summed E-state index contributed by atoms with van der Waals surface area (Å²) in [4.78, 5) is 24.7. The van der Waals surface area contributed by atoms with Gasteiger partial charge in [-0.15, -0.1) is 0 Å². The van der Waals surface area contributed by atoms with Gasteiger partial charge in [-0.3, -0.25) is 14.5 Å². The molecule has 1 fully saturated rings. The normalized spacial score (nSPS) is 22.8. The molecule has 18 heavy (non-hydrogen) atoms. The molecule has 1 aliphatic rings. The Morgan fingerprint density at radius 2 is 2.11 bits per heavy atom. The molecule has 0 radical (unpaired) electrons. The zero-order valence-electron chi connectivity index (χ0n) is 11.2. The molecule has 1 saturated heterocycles. The number of carboxylic acid groups (broad SMARTS) is 1. The summed E-state index contributed by atoms with van der Waals surface area (Å²) >= 11 is 0. The van der Waals surface area contributed by atoms with Crippen molar-refractivity contribution in [2.24, 2.45) is 5.92 Å². The van der Waals surface area contributed by atoms with Crippen molar-refractivity contribution < 1.29 is 19.4 Å². The van der Waals surface area contributed by atoms with Crippen LogP contribution in [0.5, 0.6) is 0 Å². The van der Waals surface area contributed by atoms with Crippen molar-refractivity contribution in [2.75, 3.05) is 26.3 Å². The molecule has 0 spiro atoms. The lowest BCUT2D eigenvalue weighted by molar-refractivity contribution is -0.153. The number of hydrogen-bond acceptors (Lipinski definition) is 4. The van der Waals surface area contributed by atoms with Crippen LogP contribution in [0.15, 0.2) is 0 Å². The van der Waals surface area contributed by atoms with Crippen LogP contribution in [0.4, 0.5) is 0 Å². The second-order valence-electron chi connectivity index (χ2n) is 4.98. The summed E-state index contributed by atoms with van der Waals surface area (Å²) in [6.07, 6.45) is 0. The third-order valence-electron chi connectivity index (χ3n) is 3.02. The van der Waals surface area contributed by atoms with E-state index in [1.807, 2.05) is 13.8 Å².